The maximum atomic E-state index is 13.1. The molecule has 1 aromatic heterocycles. The van der Waals surface area contributed by atoms with Crippen LogP contribution in [0.3, 0.4) is 0 Å². The van der Waals surface area contributed by atoms with E-state index in [9.17, 15) is 19.8 Å². The second-order valence-corrected chi connectivity index (χ2v) is 11.5. The summed E-state index contributed by atoms with van der Waals surface area (Å²) in [4.78, 5) is 26.0. The number of nitrogens with one attached hydrogen (secondary N) is 3. The maximum Gasteiger partial charge on any atom is 0.251 e. The predicted molar refractivity (Wildman–Crippen MR) is 173 cm³/mol. The van der Waals surface area contributed by atoms with Gasteiger partial charge < -0.3 is 30.7 Å². The number of benzene rings is 3. The van der Waals surface area contributed by atoms with Gasteiger partial charge in [0.1, 0.15) is 6.23 Å². The highest BCUT2D eigenvalue weighted by Crippen LogP contribution is 2.15. The fourth-order valence-corrected chi connectivity index (χ4v) is 5.50. The lowest BCUT2D eigenvalue weighted by molar-refractivity contribution is -0.120. The minimum Gasteiger partial charge on any atom is -0.394 e. The molecule has 0 aliphatic carbocycles. The van der Waals surface area contributed by atoms with Crippen molar-refractivity contribution in [2.75, 3.05) is 13.2 Å². The lowest BCUT2D eigenvalue weighted by atomic mass is 10.0. The van der Waals surface area contributed by atoms with Gasteiger partial charge in [-0.1, -0.05) is 72.8 Å². The molecule has 1 heterocycles. The molecule has 1 unspecified atom stereocenters. The molecule has 4 rings (SSSR count). The zero-order chi connectivity index (χ0) is 31.5. The third kappa shape index (κ3) is 9.38. The molecule has 232 valence electrons. The van der Waals surface area contributed by atoms with Gasteiger partial charge in [0.2, 0.25) is 5.91 Å². The first kappa shape index (κ1) is 32.7. The molecule has 8 nitrogen and oxygen atoms in total. The number of aliphatic hydroxyl groups is 2. The van der Waals surface area contributed by atoms with Crippen LogP contribution in [0, 0.1) is 13.8 Å². The smallest absolute Gasteiger partial charge is 0.251 e. The summed E-state index contributed by atoms with van der Waals surface area (Å²) in [5.74, 6) is -0.423. The molecule has 3 aromatic carbocycles. The number of rotatable bonds is 15. The lowest BCUT2D eigenvalue weighted by Gasteiger charge is -2.21. The Bertz CT molecular complexity index is 1500. The van der Waals surface area contributed by atoms with Crippen LogP contribution in [0.5, 0.6) is 0 Å². The molecular formula is C36H44N4O4. The van der Waals surface area contributed by atoms with Gasteiger partial charge in [0.25, 0.3) is 5.91 Å². The molecule has 0 saturated heterocycles. The fraction of sp³-hybridized carbons (Fsp3) is 0.333. The number of hydrogen-bond donors (Lipinski definition) is 5. The third-order valence-electron chi connectivity index (χ3n) is 7.79. The summed E-state index contributed by atoms with van der Waals surface area (Å²) >= 11 is 0. The number of aliphatic hydroxyl groups excluding tert-OH is 2. The van der Waals surface area contributed by atoms with Gasteiger partial charge in [-0.3, -0.25) is 9.59 Å². The van der Waals surface area contributed by atoms with Crippen molar-refractivity contribution >= 4 is 11.8 Å². The number of aromatic nitrogens is 1. The van der Waals surface area contributed by atoms with E-state index in [1.165, 1.54) is 0 Å². The number of hydrogen-bond acceptors (Lipinski definition) is 5. The molecular weight excluding hydrogens is 552 g/mol. The van der Waals surface area contributed by atoms with Crippen molar-refractivity contribution in [2.45, 2.75) is 64.9 Å². The molecule has 0 fully saturated rings. The molecule has 8 heteroatoms. The number of carbonyl (C=O) groups is 2. The largest absolute Gasteiger partial charge is 0.394 e. The Morgan fingerprint density at radius 3 is 2.20 bits per heavy atom. The first-order chi connectivity index (χ1) is 21.2. The van der Waals surface area contributed by atoms with E-state index in [1.54, 1.807) is 12.1 Å². The SMILES string of the molecule is Cc1ccc(C)n1[C@H](O)CNC(C)Cc1cccc(CC(=O)NCc2ccccc2C(=O)N[C@@H](CO)Cc2ccccc2)c1. The van der Waals surface area contributed by atoms with E-state index in [1.807, 2.05) is 97.3 Å². The quantitative estimate of drug-likeness (QED) is 0.142. The Kier molecular flexibility index (Phi) is 11.9. The normalized spacial score (nSPS) is 13.2. The van der Waals surface area contributed by atoms with Crippen LogP contribution in [0.1, 0.15) is 57.2 Å². The van der Waals surface area contributed by atoms with Gasteiger partial charge in [0.05, 0.1) is 19.1 Å². The summed E-state index contributed by atoms with van der Waals surface area (Å²) in [6.07, 6.45) is 0.862. The Morgan fingerprint density at radius 2 is 1.48 bits per heavy atom. The standard InChI is InChI=1S/C36H44N4O4/c1-25(37-23-35(43)40-26(2)16-17-27(40)3)18-29-12-9-13-30(19-29)21-34(42)38-22-31-14-7-8-15-33(31)36(44)39-32(24-41)20-28-10-5-4-6-11-28/h4-17,19,25,32,35,37,41,43H,18,20-24H2,1-3H3,(H,38,42)(H,39,44)/t25?,32-,35-/m1/s1. The highest BCUT2D eigenvalue weighted by molar-refractivity contribution is 5.96. The van der Waals surface area contributed by atoms with E-state index < -0.39 is 12.3 Å². The van der Waals surface area contributed by atoms with E-state index in [2.05, 4.69) is 22.9 Å². The van der Waals surface area contributed by atoms with Gasteiger partial charge >= 0.3 is 0 Å². The van der Waals surface area contributed by atoms with Gasteiger partial charge in [0, 0.05) is 36.1 Å². The number of amides is 2. The van der Waals surface area contributed by atoms with E-state index >= 15 is 0 Å². The van der Waals surface area contributed by atoms with Crippen LogP contribution in [0.2, 0.25) is 0 Å². The molecule has 5 N–H and O–H groups in total. The number of carbonyl (C=O) groups excluding carboxylic acids is 2. The second-order valence-electron chi connectivity index (χ2n) is 11.5. The molecule has 0 spiro atoms. The van der Waals surface area contributed by atoms with Crippen LogP contribution in [0.15, 0.2) is 91.0 Å². The Hall–Kier alpha value is -4.24. The molecule has 0 radical (unpaired) electrons. The summed E-state index contributed by atoms with van der Waals surface area (Å²) in [6.45, 7) is 6.53. The first-order valence-electron chi connectivity index (χ1n) is 15.2. The highest BCUT2D eigenvalue weighted by atomic mass is 16.3. The maximum absolute atomic E-state index is 13.1. The zero-order valence-corrected chi connectivity index (χ0v) is 25.8. The van der Waals surface area contributed by atoms with Crippen molar-refractivity contribution in [1.29, 1.82) is 0 Å². The monoisotopic (exact) mass is 596 g/mol. The van der Waals surface area contributed by atoms with Gasteiger partial charge in [-0.15, -0.1) is 0 Å². The van der Waals surface area contributed by atoms with Crippen molar-refractivity contribution in [2.24, 2.45) is 0 Å². The molecule has 4 aromatic rings. The van der Waals surface area contributed by atoms with Crippen LogP contribution in [0.4, 0.5) is 0 Å². The van der Waals surface area contributed by atoms with Gasteiger partial charge in [0.15, 0.2) is 0 Å². The van der Waals surface area contributed by atoms with Crippen LogP contribution in [-0.4, -0.2) is 51.8 Å². The average molecular weight is 597 g/mol. The molecule has 0 saturated carbocycles. The minimum absolute atomic E-state index is 0.130. The topological polar surface area (TPSA) is 116 Å². The first-order valence-corrected chi connectivity index (χ1v) is 15.2. The third-order valence-corrected chi connectivity index (χ3v) is 7.79. The molecule has 0 aliphatic heterocycles. The minimum atomic E-state index is -0.635. The van der Waals surface area contributed by atoms with Crippen molar-refractivity contribution in [3.05, 3.63) is 130 Å². The van der Waals surface area contributed by atoms with E-state index in [0.717, 1.165) is 34.5 Å². The molecule has 0 aliphatic rings. The lowest BCUT2D eigenvalue weighted by Crippen LogP contribution is -2.39. The van der Waals surface area contributed by atoms with Gasteiger partial charge in [-0.2, -0.15) is 0 Å². The van der Waals surface area contributed by atoms with Crippen LogP contribution < -0.4 is 16.0 Å². The average Bonchev–Trinajstić information content (AvgIpc) is 3.36. The van der Waals surface area contributed by atoms with Crippen molar-refractivity contribution < 1.29 is 19.8 Å². The van der Waals surface area contributed by atoms with Gasteiger partial charge in [-0.05, 0) is 74.1 Å². The van der Waals surface area contributed by atoms with E-state index in [4.69, 9.17) is 0 Å². The molecule has 44 heavy (non-hydrogen) atoms. The second kappa shape index (κ2) is 16.0. The number of nitrogens with zero attached hydrogens (tertiary/aromatic N) is 1. The number of aryl methyl sites for hydroxylation is 2. The Balaban J connectivity index is 1.27. The zero-order valence-electron chi connectivity index (χ0n) is 25.8. The molecule has 2 amide bonds. The Morgan fingerprint density at radius 1 is 0.818 bits per heavy atom. The predicted octanol–water partition coefficient (Wildman–Crippen LogP) is 4.01. The van der Waals surface area contributed by atoms with Crippen LogP contribution in [-0.2, 0) is 30.6 Å². The van der Waals surface area contributed by atoms with Crippen molar-refractivity contribution in [3.8, 4) is 0 Å². The van der Waals surface area contributed by atoms with E-state index in [-0.39, 0.29) is 37.4 Å². The fourth-order valence-electron chi connectivity index (χ4n) is 5.50. The van der Waals surface area contributed by atoms with Crippen molar-refractivity contribution in [1.82, 2.24) is 20.5 Å². The van der Waals surface area contributed by atoms with E-state index in [0.29, 0.717) is 24.1 Å². The summed E-state index contributed by atoms with van der Waals surface area (Å²) < 4.78 is 1.92. The van der Waals surface area contributed by atoms with Gasteiger partial charge in [-0.25, -0.2) is 0 Å². The molecule has 0 bridgehead atoms. The van der Waals surface area contributed by atoms with Crippen LogP contribution >= 0.6 is 0 Å². The highest BCUT2D eigenvalue weighted by Gasteiger charge is 2.17. The summed E-state index contributed by atoms with van der Waals surface area (Å²) in [5.41, 5.74) is 6.26. The van der Waals surface area contributed by atoms with Crippen molar-refractivity contribution in [3.63, 3.8) is 0 Å². The molecule has 3 atom stereocenters. The summed E-state index contributed by atoms with van der Waals surface area (Å²) in [5, 5.41) is 29.8. The summed E-state index contributed by atoms with van der Waals surface area (Å²) in [7, 11) is 0. The summed E-state index contributed by atoms with van der Waals surface area (Å²) in [6, 6.07) is 28.6. The van der Waals surface area contributed by atoms with Crippen LogP contribution in [0.25, 0.3) is 0 Å². The Labute approximate surface area is 260 Å².